The van der Waals surface area contributed by atoms with Crippen molar-refractivity contribution in [2.75, 3.05) is 7.05 Å². The molecule has 86 valence electrons. The van der Waals surface area contributed by atoms with Crippen LogP contribution in [0.25, 0.3) is 0 Å². The number of carbonyl (C=O) groups excluding carboxylic acids is 1. The van der Waals surface area contributed by atoms with Crippen LogP contribution in [0.1, 0.15) is 17.3 Å². The van der Waals surface area contributed by atoms with Crippen molar-refractivity contribution in [3.63, 3.8) is 0 Å². The van der Waals surface area contributed by atoms with E-state index in [-0.39, 0.29) is 11.7 Å². The fraction of sp³-hybridized carbons (Fsp3) is 0.273. The van der Waals surface area contributed by atoms with Gasteiger partial charge in [-0.15, -0.1) is 0 Å². The van der Waals surface area contributed by atoms with E-state index >= 15 is 0 Å². The van der Waals surface area contributed by atoms with E-state index < -0.39 is 6.04 Å². The Morgan fingerprint density at radius 3 is 2.50 bits per heavy atom. The maximum absolute atomic E-state index is 11.9. The molecule has 1 aromatic carbocycles. The monoisotopic (exact) mass is 221 g/mol. The number of rotatable bonds is 3. The van der Waals surface area contributed by atoms with Gasteiger partial charge in [-0.1, -0.05) is 23.4 Å². The molecule has 1 rings (SSSR count). The summed E-state index contributed by atoms with van der Waals surface area (Å²) in [5, 5.41) is 11.4. The lowest BCUT2D eigenvalue weighted by Crippen LogP contribution is -2.43. The number of amides is 1. The Hall–Kier alpha value is -2.04. The van der Waals surface area contributed by atoms with Crippen molar-refractivity contribution >= 4 is 11.7 Å². The highest BCUT2D eigenvalue weighted by Crippen LogP contribution is 2.06. The van der Waals surface area contributed by atoms with E-state index in [2.05, 4.69) is 5.16 Å². The number of benzene rings is 1. The largest absolute Gasteiger partial charge is 0.409 e. The van der Waals surface area contributed by atoms with Crippen LogP contribution in [0.2, 0.25) is 0 Å². The van der Waals surface area contributed by atoms with E-state index in [1.165, 1.54) is 4.90 Å². The highest BCUT2D eigenvalue weighted by molar-refractivity contribution is 5.97. The van der Waals surface area contributed by atoms with Gasteiger partial charge in [0, 0.05) is 12.6 Å². The molecule has 0 bridgehead atoms. The minimum Gasteiger partial charge on any atom is -0.409 e. The fourth-order valence-electron chi connectivity index (χ4n) is 1.24. The predicted octanol–water partition coefficient (Wildman–Crippen LogP) is 0.893. The normalized spacial score (nSPS) is 13.2. The van der Waals surface area contributed by atoms with Crippen LogP contribution in [0.3, 0.4) is 0 Å². The van der Waals surface area contributed by atoms with Gasteiger partial charge in [-0.25, -0.2) is 0 Å². The van der Waals surface area contributed by atoms with Crippen LogP contribution < -0.4 is 5.73 Å². The molecule has 0 aliphatic carbocycles. The third-order valence-electron chi connectivity index (χ3n) is 2.47. The molecule has 1 unspecified atom stereocenters. The van der Waals surface area contributed by atoms with Gasteiger partial charge in [0.25, 0.3) is 5.91 Å². The lowest BCUT2D eigenvalue weighted by Gasteiger charge is -2.23. The molecule has 1 atom stereocenters. The smallest absolute Gasteiger partial charge is 0.254 e. The second kappa shape index (κ2) is 5.16. The van der Waals surface area contributed by atoms with Crippen LogP contribution in [0.15, 0.2) is 35.5 Å². The van der Waals surface area contributed by atoms with Gasteiger partial charge < -0.3 is 15.8 Å². The predicted molar refractivity (Wildman–Crippen MR) is 61.4 cm³/mol. The van der Waals surface area contributed by atoms with Gasteiger partial charge >= 0.3 is 0 Å². The first-order chi connectivity index (χ1) is 7.57. The van der Waals surface area contributed by atoms with Crippen LogP contribution in [-0.4, -0.2) is 34.9 Å². The van der Waals surface area contributed by atoms with Crippen LogP contribution in [0, 0.1) is 0 Å². The van der Waals surface area contributed by atoms with Gasteiger partial charge in [0.2, 0.25) is 0 Å². The van der Waals surface area contributed by atoms with E-state index in [1.54, 1.807) is 38.2 Å². The van der Waals surface area contributed by atoms with Crippen molar-refractivity contribution in [3.05, 3.63) is 35.9 Å². The zero-order chi connectivity index (χ0) is 12.1. The summed E-state index contributed by atoms with van der Waals surface area (Å²) in [7, 11) is 1.61. The summed E-state index contributed by atoms with van der Waals surface area (Å²) >= 11 is 0. The number of carbonyl (C=O) groups is 1. The van der Waals surface area contributed by atoms with Crippen molar-refractivity contribution < 1.29 is 10.0 Å². The Labute approximate surface area is 94.2 Å². The molecule has 0 aliphatic rings. The van der Waals surface area contributed by atoms with Crippen LogP contribution in [0.4, 0.5) is 0 Å². The van der Waals surface area contributed by atoms with Crippen molar-refractivity contribution in [1.29, 1.82) is 0 Å². The standard InChI is InChI=1S/C11H15N3O2/c1-8(10(12)13-16)14(2)11(15)9-6-4-3-5-7-9/h3-8,16H,1-2H3,(H2,12,13). The van der Waals surface area contributed by atoms with Crippen LogP contribution in [0.5, 0.6) is 0 Å². The number of nitrogens with two attached hydrogens (primary N) is 1. The Balaban J connectivity index is 2.83. The summed E-state index contributed by atoms with van der Waals surface area (Å²) in [4.78, 5) is 13.4. The fourth-order valence-corrected chi connectivity index (χ4v) is 1.24. The van der Waals surface area contributed by atoms with Crippen LogP contribution >= 0.6 is 0 Å². The summed E-state index contributed by atoms with van der Waals surface area (Å²) in [6.07, 6.45) is 0. The van der Waals surface area contributed by atoms with E-state index in [1.807, 2.05) is 6.07 Å². The number of hydrogen-bond acceptors (Lipinski definition) is 3. The maximum atomic E-state index is 11.9. The number of amidine groups is 1. The minimum absolute atomic E-state index is 0.00628. The molecule has 0 heterocycles. The van der Waals surface area contributed by atoms with E-state index in [0.717, 1.165) is 0 Å². The molecule has 0 aromatic heterocycles. The molecule has 0 saturated carbocycles. The van der Waals surface area contributed by atoms with E-state index in [9.17, 15) is 4.79 Å². The third kappa shape index (κ3) is 2.50. The second-order valence-corrected chi connectivity index (χ2v) is 3.48. The molecule has 0 fully saturated rings. The number of nitrogens with zero attached hydrogens (tertiary/aromatic N) is 2. The molecule has 1 amide bonds. The second-order valence-electron chi connectivity index (χ2n) is 3.48. The van der Waals surface area contributed by atoms with Crippen molar-refractivity contribution in [2.24, 2.45) is 10.9 Å². The first-order valence-corrected chi connectivity index (χ1v) is 4.87. The third-order valence-corrected chi connectivity index (χ3v) is 2.47. The summed E-state index contributed by atoms with van der Waals surface area (Å²) in [6, 6.07) is 8.40. The van der Waals surface area contributed by atoms with Crippen molar-refractivity contribution in [2.45, 2.75) is 13.0 Å². The van der Waals surface area contributed by atoms with E-state index in [0.29, 0.717) is 5.56 Å². The number of oxime groups is 1. The molecular formula is C11H15N3O2. The van der Waals surface area contributed by atoms with Crippen molar-refractivity contribution in [3.8, 4) is 0 Å². The average Bonchev–Trinajstić information content (AvgIpc) is 2.36. The summed E-state index contributed by atoms with van der Waals surface area (Å²) < 4.78 is 0. The minimum atomic E-state index is -0.447. The van der Waals surface area contributed by atoms with Gasteiger partial charge in [0.05, 0.1) is 6.04 Å². The zero-order valence-electron chi connectivity index (χ0n) is 9.29. The SMILES string of the molecule is CC(C(N)=NO)N(C)C(=O)c1ccccc1. The molecule has 0 aliphatic heterocycles. The Kier molecular flexibility index (Phi) is 3.88. The molecule has 3 N–H and O–H groups in total. The Morgan fingerprint density at radius 1 is 1.44 bits per heavy atom. The van der Waals surface area contributed by atoms with Gasteiger partial charge in [0.1, 0.15) is 0 Å². The number of hydrogen-bond donors (Lipinski definition) is 2. The van der Waals surface area contributed by atoms with Gasteiger partial charge in [-0.2, -0.15) is 0 Å². The average molecular weight is 221 g/mol. The Morgan fingerprint density at radius 2 is 2.00 bits per heavy atom. The van der Waals surface area contributed by atoms with E-state index in [4.69, 9.17) is 10.9 Å². The molecule has 0 saturated heterocycles. The first-order valence-electron chi connectivity index (χ1n) is 4.87. The summed E-state index contributed by atoms with van der Waals surface area (Å²) in [5.41, 5.74) is 6.01. The van der Waals surface area contributed by atoms with Crippen LogP contribution in [-0.2, 0) is 0 Å². The maximum Gasteiger partial charge on any atom is 0.254 e. The molecule has 0 spiro atoms. The summed E-state index contributed by atoms with van der Waals surface area (Å²) in [5.74, 6) is -0.161. The first kappa shape index (κ1) is 12.0. The zero-order valence-corrected chi connectivity index (χ0v) is 9.29. The lowest BCUT2D eigenvalue weighted by atomic mass is 10.1. The highest BCUT2D eigenvalue weighted by atomic mass is 16.4. The lowest BCUT2D eigenvalue weighted by molar-refractivity contribution is 0.0776. The summed E-state index contributed by atoms with van der Waals surface area (Å²) in [6.45, 7) is 1.69. The highest BCUT2D eigenvalue weighted by Gasteiger charge is 2.20. The molecule has 5 heteroatoms. The molecule has 16 heavy (non-hydrogen) atoms. The molecule has 0 radical (unpaired) electrons. The number of likely N-dealkylation sites (N-methyl/N-ethyl adjacent to an activating group) is 1. The molecular weight excluding hydrogens is 206 g/mol. The van der Waals surface area contributed by atoms with Gasteiger partial charge in [-0.3, -0.25) is 4.79 Å². The van der Waals surface area contributed by atoms with Gasteiger partial charge in [0.15, 0.2) is 5.84 Å². The quantitative estimate of drug-likeness (QED) is 0.344. The topological polar surface area (TPSA) is 78.9 Å². The molecule has 1 aromatic rings. The molecule has 5 nitrogen and oxygen atoms in total. The Bertz CT molecular complexity index is 389. The van der Waals surface area contributed by atoms with Gasteiger partial charge in [-0.05, 0) is 19.1 Å². The van der Waals surface area contributed by atoms with Crippen molar-refractivity contribution in [1.82, 2.24) is 4.90 Å².